The van der Waals surface area contributed by atoms with Crippen molar-refractivity contribution in [1.82, 2.24) is 0 Å². The topological polar surface area (TPSA) is 34.1 Å². The zero-order valence-corrected chi connectivity index (χ0v) is 19.1. The van der Waals surface area contributed by atoms with Crippen molar-refractivity contribution in [3.05, 3.63) is 116 Å². The van der Waals surface area contributed by atoms with E-state index in [0.29, 0.717) is 21.2 Å². The molecule has 31 heavy (non-hydrogen) atoms. The molecule has 0 radical (unpaired) electrons. The lowest BCUT2D eigenvalue weighted by Crippen LogP contribution is -1.94. The van der Waals surface area contributed by atoms with Crippen molar-refractivity contribution in [3.8, 4) is 22.3 Å². The zero-order valence-electron chi connectivity index (χ0n) is 16.0. The first-order valence-corrected chi connectivity index (χ1v) is 11.1. The van der Waals surface area contributed by atoms with Crippen LogP contribution in [0.2, 0.25) is 10.0 Å². The van der Waals surface area contributed by atoms with Crippen LogP contribution >= 0.6 is 39.1 Å². The molecule has 0 fully saturated rings. The van der Waals surface area contributed by atoms with E-state index in [-0.39, 0.29) is 11.6 Å². The fourth-order valence-corrected chi connectivity index (χ4v) is 4.73. The molecule has 2 aliphatic carbocycles. The Morgan fingerprint density at radius 2 is 0.903 bits per heavy atom. The summed E-state index contributed by atoms with van der Waals surface area (Å²) in [5.74, 6) is 0.122. The molecule has 2 aliphatic rings. The largest absolute Gasteiger partial charge is 0.289 e. The Bertz CT molecular complexity index is 1360. The Morgan fingerprint density at radius 3 is 1.48 bits per heavy atom. The predicted octanol–water partition coefficient (Wildman–Crippen LogP) is 7.87. The van der Waals surface area contributed by atoms with Gasteiger partial charge in [0, 0.05) is 36.8 Å². The highest BCUT2D eigenvalue weighted by Gasteiger charge is 2.27. The van der Waals surface area contributed by atoms with Crippen molar-refractivity contribution in [1.29, 1.82) is 0 Å². The smallest absolute Gasteiger partial charge is 0.194 e. The second-order valence-corrected chi connectivity index (χ2v) is 9.06. The molecule has 6 rings (SSSR count). The molecular weight excluding hydrogens is 495 g/mol. The van der Waals surface area contributed by atoms with Crippen LogP contribution in [0.5, 0.6) is 0 Å². The Kier molecular flexibility index (Phi) is 5.05. The van der Waals surface area contributed by atoms with Gasteiger partial charge in [0.05, 0.1) is 0 Å². The second-order valence-electron chi connectivity index (χ2n) is 7.27. The zero-order chi connectivity index (χ0) is 21.7. The summed E-state index contributed by atoms with van der Waals surface area (Å²) in [5, 5.41) is 1.15. The third-order valence-electron chi connectivity index (χ3n) is 5.43. The molecule has 4 aromatic rings. The molecule has 150 valence electrons. The average Bonchev–Trinajstić information content (AvgIpc) is 3.20. The highest BCUT2D eigenvalue weighted by Crippen LogP contribution is 2.39. The van der Waals surface area contributed by atoms with Crippen LogP contribution in [0, 0.1) is 0 Å². The van der Waals surface area contributed by atoms with Crippen molar-refractivity contribution in [3.63, 3.8) is 0 Å². The van der Waals surface area contributed by atoms with Gasteiger partial charge in [-0.1, -0.05) is 81.6 Å². The summed E-state index contributed by atoms with van der Waals surface area (Å²) >= 11 is 15.2. The third kappa shape index (κ3) is 3.43. The van der Waals surface area contributed by atoms with Crippen LogP contribution in [0.25, 0.3) is 22.3 Å². The van der Waals surface area contributed by atoms with E-state index in [9.17, 15) is 9.59 Å². The lowest BCUT2D eigenvalue weighted by molar-refractivity contribution is 0.103. The predicted molar refractivity (Wildman–Crippen MR) is 128 cm³/mol. The number of hydrogen-bond donors (Lipinski definition) is 0. The molecule has 2 nitrogen and oxygen atoms in total. The molecule has 0 atom stereocenters. The molecule has 0 aromatic heterocycles. The van der Waals surface area contributed by atoms with Crippen LogP contribution in [-0.4, -0.2) is 11.6 Å². The fraction of sp³-hybridized carbons (Fsp3) is 0. The van der Waals surface area contributed by atoms with Crippen LogP contribution in [0.1, 0.15) is 31.8 Å². The van der Waals surface area contributed by atoms with Crippen molar-refractivity contribution in [2.45, 2.75) is 0 Å². The van der Waals surface area contributed by atoms with E-state index in [2.05, 4.69) is 15.9 Å². The van der Waals surface area contributed by atoms with Gasteiger partial charge in [-0.25, -0.2) is 0 Å². The number of halogens is 3. The van der Waals surface area contributed by atoms with Crippen LogP contribution in [0.15, 0.2) is 83.3 Å². The average molecular weight is 508 g/mol. The SMILES string of the molecule is O=C1c2cc(Cl)ccc2-c2ccc(Cl)cc21.O=C1c2ccccc2-c2ccc(Br)cc21. The van der Waals surface area contributed by atoms with Gasteiger partial charge in [-0.05, 0) is 58.7 Å². The summed E-state index contributed by atoms with van der Waals surface area (Å²) in [7, 11) is 0. The Balaban J connectivity index is 0.000000132. The van der Waals surface area contributed by atoms with Gasteiger partial charge in [-0.3, -0.25) is 9.59 Å². The van der Waals surface area contributed by atoms with Crippen LogP contribution in [0.3, 0.4) is 0 Å². The van der Waals surface area contributed by atoms with Gasteiger partial charge in [0.1, 0.15) is 0 Å². The Morgan fingerprint density at radius 1 is 0.484 bits per heavy atom. The molecule has 4 aromatic carbocycles. The molecule has 0 saturated carbocycles. The normalized spacial score (nSPS) is 12.5. The van der Waals surface area contributed by atoms with Gasteiger partial charge in [0.15, 0.2) is 11.6 Å². The number of carbonyl (C=O) groups excluding carboxylic acids is 2. The standard InChI is InChI=1S/C13H7BrO.C13H6Cl2O/c14-8-5-6-10-9-3-1-2-4-11(9)13(15)12(10)7-8;14-7-1-3-9-10-4-2-8(15)6-12(10)13(16)11(9)5-7/h1-7H;1-6H. The molecular formula is C26H13BrCl2O2. The maximum absolute atomic E-state index is 12.1. The summed E-state index contributed by atoms with van der Waals surface area (Å²) in [6, 6.07) is 24.3. The first-order valence-electron chi connectivity index (χ1n) is 9.52. The monoisotopic (exact) mass is 506 g/mol. The van der Waals surface area contributed by atoms with E-state index in [1.807, 2.05) is 54.6 Å². The number of ketones is 2. The number of hydrogen-bond acceptors (Lipinski definition) is 2. The van der Waals surface area contributed by atoms with E-state index in [1.54, 1.807) is 24.3 Å². The molecule has 0 spiro atoms. The minimum atomic E-state index is -0.00463. The van der Waals surface area contributed by atoms with Crippen molar-refractivity contribution < 1.29 is 9.59 Å². The van der Waals surface area contributed by atoms with Crippen molar-refractivity contribution >= 4 is 50.7 Å². The number of fused-ring (bicyclic) bond motifs is 6. The molecule has 0 unspecified atom stereocenters. The van der Waals surface area contributed by atoms with E-state index in [0.717, 1.165) is 37.9 Å². The van der Waals surface area contributed by atoms with Crippen molar-refractivity contribution in [2.24, 2.45) is 0 Å². The summed E-state index contributed by atoms with van der Waals surface area (Å²) in [6.45, 7) is 0. The Hall–Kier alpha value is -2.72. The minimum Gasteiger partial charge on any atom is -0.289 e. The van der Waals surface area contributed by atoms with Gasteiger partial charge in [-0.2, -0.15) is 0 Å². The quantitative estimate of drug-likeness (QED) is 0.209. The lowest BCUT2D eigenvalue weighted by Gasteiger charge is -1.99. The number of benzene rings is 4. The van der Waals surface area contributed by atoms with Crippen LogP contribution in [0.4, 0.5) is 0 Å². The highest BCUT2D eigenvalue weighted by atomic mass is 79.9. The first-order chi connectivity index (χ1) is 14.9. The van der Waals surface area contributed by atoms with E-state index in [4.69, 9.17) is 23.2 Å². The van der Waals surface area contributed by atoms with Crippen molar-refractivity contribution in [2.75, 3.05) is 0 Å². The van der Waals surface area contributed by atoms with Crippen LogP contribution in [-0.2, 0) is 0 Å². The third-order valence-corrected chi connectivity index (χ3v) is 6.39. The highest BCUT2D eigenvalue weighted by molar-refractivity contribution is 9.10. The molecule has 0 aliphatic heterocycles. The van der Waals surface area contributed by atoms with E-state index in [1.165, 1.54) is 0 Å². The summed E-state index contributed by atoms with van der Waals surface area (Å²) in [4.78, 5) is 24.1. The number of rotatable bonds is 0. The summed E-state index contributed by atoms with van der Waals surface area (Å²) in [6.07, 6.45) is 0. The molecule has 0 saturated heterocycles. The first kappa shape index (κ1) is 20.2. The fourth-order valence-electron chi connectivity index (χ4n) is 4.02. The molecule has 0 bridgehead atoms. The van der Waals surface area contributed by atoms with Gasteiger partial charge < -0.3 is 0 Å². The number of carbonyl (C=O) groups is 2. The summed E-state index contributed by atoms with van der Waals surface area (Å²) < 4.78 is 0.947. The lowest BCUT2D eigenvalue weighted by atomic mass is 10.1. The van der Waals surface area contributed by atoms with Crippen LogP contribution < -0.4 is 0 Å². The van der Waals surface area contributed by atoms with Gasteiger partial charge >= 0.3 is 0 Å². The molecule has 0 N–H and O–H groups in total. The Labute approximate surface area is 197 Å². The molecule has 0 amide bonds. The van der Waals surface area contributed by atoms with E-state index < -0.39 is 0 Å². The van der Waals surface area contributed by atoms with Gasteiger partial charge in [-0.15, -0.1) is 0 Å². The summed E-state index contributed by atoms with van der Waals surface area (Å²) in [5.41, 5.74) is 6.87. The van der Waals surface area contributed by atoms with E-state index >= 15 is 0 Å². The minimum absolute atomic E-state index is 0.00463. The maximum Gasteiger partial charge on any atom is 0.194 e. The molecule has 0 heterocycles. The second kappa shape index (κ2) is 7.76. The van der Waals surface area contributed by atoms with Gasteiger partial charge in [0.2, 0.25) is 0 Å². The molecule has 5 heteroatoms. The maximum atomic E-state index is 12.1. The van der Waals surface area contributed by atoms with Gasteiger partial charge in [0.25, 0.3) is 0 Å².